The summed E-state index contributed by atoms with van der Waals surface area (Å²) in [5.74, 6) is -1.09. The SMILES string of the molecule is O=C(O)c1cc2cccc(-c3ccc(C(F)(F)F)cc3)c2[nH]1. The van der Waals surface area contributed by atoms with Crippen molar-refractivity contribution in [2.45, 2.75) is 6.18 Å². The van der Waals surface area contributed by atoms with Crippen molar-refractivity contribution in [1.29, 1.82) is 0 Å². The third kappa shape index (κ3) is 2.43. The first kappa shape index (κ1) is 14.2. The van der Waals surface area contributed by atoms with Crippen LogP contribution in [0.2, 0.25) is 0 Å². The highest BCUT2D eigenvalue weighted by atomic mass is 19.4. The summed E-state index contributed by atoms with van der Waals surface area (Å²) in [6.45, 7) is 0. The average molecular weight is 305 g/mol. The fourth-order valence-corrected chi connectivity index (χ4v) is 2.35. The molecule has 1 aromatic heterocycles. The maximum absolute atomic E-state index is 12.6. The Kier molecular flexibility index (Phi) is 3.16. The number of H-pyrrole nitrogens is 1. The fourth-order valence-electron chi connectivity index (χ4n) is 2.35. The van der Waals surface area contributed by atoms with Crippen LogP contribution in [0.25, 0.3) is 22.0 Å². The molecule has 1 heterocycles. The second-order valence-corrected chi connectivity index (χ2v) is 4.83. The Morgan fingerprint density at radius 2 is 1.73 bits per heavy atom. The van der Waals surface area contributed by atoms with Crippen molar-refractivity contribution in [3.63, 3.8) is 0 Å². The van der Waals surface area contributed by atoms with Gasteiger partial charge in [0.25, 0.3) is 0 Å². The van der Waals surface area contributed by atoms with Gasteiger partial charge in [-0.15, -0.1) is 0 Å². The van der Waals surface area contributed by atoms with Gasteiger partial charge in [0.15, 0.2) is 0 Å². The quantitative estimate of drug-likeness (QED) is 0.729. The van der Waals surface area contributed by atoms with E-state index in [0.717, 1.165) is 12.1 Å². The molecule has 0 bridgehead atoms. The van der Waals surface area contributed by atoms with Gasteiger partial charge in [0.1, 0.15) is 5.69 Å². The Balaban J connectivity index is 2.12. The number of hydrogen-bond donors (Lipinski definition) is 2. The minimum atomic E-state index is -4.38. The molecule has 112 valence electrons. The highest BCUT2D eigenvalue weighted by Crippen LogP contribution is 2.33. The molecule has 0 atom stereocenters. The summed E-state index contributed by atoms with van der Waals surface area (Å²) in [6.07, 6.45) is -4.38. The van der Waals surface area contributed by atoms with Crippen LogP contribution in [0.3, 0.4) is 0 Å². The molecule has 3 rings (SSSR count). The van der Waals surface area contributed by atoms with Gasteiger partial charge in [0, 0.05) is 10.9 Å². The first-order valence-corrected chi connectivity index (χ1v) is 6.39. The largest absolute Gasteiger partial charge is 0.477 e. The molecule has 0 amide bonds. The molecule has 22 heavy (non-hydrogen) atoms. The number of aromatic amines is 1. The van der Waals surface area contributed by atoms with Gasteiger partial charge in [-0.3, -0.25) is 0 Å². The fraction of sp³-hybridized carbons (Fsp3) is 0.0625. The van der Waals surface area contributed by atoms with Crippen LogP contribution in [0, 0.1) is 0 Å². The zero-order chi connectivity index (χ0) is 15.9. The normalized spacial score (nSPS) is 11.8. The third-order valence-corrected chi connectivity index (χ3v) is 3.41. The predicted molar refractivity (Wildman–Crippen MR) is 75.7 cm³/mol. The van der Waals surface area contributed by atoms with E-state index in [4.69, 9.17) is 5.11 Å². The van der Waals surface area contributed by atoms with Crippen LogP contribution < -0.4 is 0 Å². The van der Waals surface area contributed by atoms with Crippen molar-refractivity contribution in [1.82, 2.24) is 4.98 Å². The molecule has 2 aromatic carbocycles. The molecule has 0 spiro atoms. The molecule has 3 aromatic rings. The molecule has 0 fully saturated rings. The van der Waals surface area contributed by atoms with Crippen LogP contribution in [0.5, 0.6) is 0 Å². The number of aromatic nitrogens is 1. The first-order valence-electron chi connectivity index (χ1n) is 6.39. The number of benzene rings is 2. The molecule has 0 radical (unpaired) electrons. The minimum absolute atomic E-state index is 0.0364. The van der Waals surface area contributed by atoms with E-state index in [-0.39, 0.29) is 5.69 Å². The van der Waals surface area contributed by atoms with Crippen molar-refractivity contribution in [2.75, 3.05) is 0 Å². The van der Waals surface area contributed by atoms with E-state index >= 15 is 0 Å². The van der Waals surface area contributed by atoms with Crippen LogP contribution in [-0.2, 0) is 6.18 Å². The van der Waals surface area contributed by atoms with E-state index < -0.39 is 17.7 Å². The number of carbonyl (C=O) groups is 1. The lowest BCUT2D eigenvalue weighted by molar-refractivity contribution is -0.137. The van der Waals surface area contributed by atoms with Crippen LogP contribution in [0.15, 0.2) is 48.5 Å². The van der Waals surface area contributed by atoms with Gasteiger partial charge in [0.05, 0.1) is 11.1 Å². The van der Waals surface area contributed by atoms with Crippen LogP contribution in [-0.4, -0.2) is 16.1 Å². The van der Waals surface area contributed by atoms with Crippen molar-refractivity contribution >= 4 is 16.9 Å². The van der Waals surface area contributed by atoms with Crippen LogP contribution >= 0.6 is 0 Å². The maximum Gasteiger partial charge on any atom is 0.416 e. The number of halogens is 3. The summed E-state index contributed by atoms with van der Waals surface area (Å²) < 4.78 is 37.8. The molecular formula is C16H10F3NO2. The number of hydrogen-bond acceptors (Lipinski definition) is 1. The molecule has 0 unspecified atom stereocenters. The van der Waals surface area contributed by atoms with E-state index in [0.29, 0.717) is 22.0 Å². The van der Waals surface area contributed by atoms with E-state index in [9.17, 15) is 18.0 Å². The van der Waals surface area contributed by atoms with Crippen molar-refractivity contribution in [3.05, 3.63) is 59.8 Å². The Hall–Kier alpha value is -2.76. The number of alkyl halides is 3. The van der Waals surface area contributed by atoms with Crippen molar-refractivity contribution < 1.29 is 23.1 Å². The summed E-state index contributed by atoms with van der Waals surface area (Å²) in [7, 11) is 0. The lowest BCUT2D eigenvalue weighted by Gasteiger charge is -2.08. The number of fused-ring (bicyclic) bond motifs is 1. The van der Waals surface area contributed by atoms with Crippen molar-refractivity contribution in [2.24, 2.45) is 0 Å². The number of carboxylic acid groups (broad SMARTS) is 1. The summed E-state index contributed by atoms with van der Waals surface area (Å²) in [5.41, 5.74) is 1.13. The summed E-state index contributed by atoms with van der Waals surface area (Å²) in [4.78, 5) is 13.8. The zero-order valence-corrected chi connectivity index (χ0v) is 11.1. The standard InChI is InChI=1S/C16H10F3NO2/c17-16(18,19)11-6-4-9(5-7-11)12-3-1-2-10-8-13(15(21)22)20-14(10)12/h1-8,20H,(H,21,22). The van der Waals surface area contributed by atoms with E-state index in [2.05, 4.69) is 4.98 Å². The van der Waals surface area contributed by atoms with Gasteiger partial charge in [-0.2, -0.15) is 13.2 Å². The molecule has 2 N–H and O–H groups in total. The van der Waals surface area contributed by atoms with Gasteiger partial charge in [-0.05, 0) is 23.8 Å². The van der Waals surface area contributed by atoms with Crippen molar-refractivity contribution in [3.8, 4) is 11.1 Å². The number of nitrogens with one attached hydrogen (secondary N) is 1. The van der Waals surface area contributed by atoms with Gasteiger partial charge in [-0.1, -0.05) is 30.3 Å². The number of rotatable bonds is 2. The molecule has 6 heteroatoms. The Bertz CT molecular complexity index is 848. The Morgan fingerprint density at radius 3 is 2.32 bits per heavy atom. The van der Waals surface area contributed by atoms with Gasteiger partial charge in [0.2, 0.25) is 0 Å². The predicted octanol–water partition coefficient (Wildman–Crippen LogP) is 4.55. The summed E-state index contributed by atoms with van der Waals surface area (Å²) in [6, 6.07) is 11.5. The van der Waals surface area contributed by atoms with E-state index in [1.807, 2.05) is 0 Å². The average Bonchev–Trinajstić information content (AvgIpc) is 2.90. The lowest BCUT2D eigenvalue weighted by atomic mass is 10.0. The molecule has 3 nitrogen and oxygen atoms in total. The van der Waals surface area contributed by atoms with Gasteiger partial charge in [-0.25, -0.2) is 4.79 Å². The van der Waals surface area contributed by atoms with E-state index in [1.54, 1.807) is 18.2 Å². The molecule has 0 saturated carbocycles. The molecule has 0 saturated heterocycles. The number of carboxylic acids is 1. The second-order valence-electron chi connectivity index (χ2n) is 4.83. The maximum atomic E-state index is 12.6. The topological polar surface area (TPSA) is 53.1 Å². The zero-order valence-electron chi connectivity index (χ0n) is 11.1. The molecule has 0 aliphatic rings. The van der Waals surface area contributed by atoms with Gasteiger partial charge >= 0.3 is 12.1 Å². The Morgan fingerprint density at radius 1 is 1.05 bits per heavy atom. The third-order valence-electron chi connectivity index (χ3n) is 3.41. The molecule has 0 aliphatic carbocycles. The summed E-state index contributed by atoms with van der Waals surface area (Å²) >= 11 is 0. The minimum Gasteiger partial charge on any atom is -0.477 e. The van der Waals surface area contributed by atoms with E-state index in [1.165, 1.54) is 18.2 Å². The van der Waals surface area contributed by atoms with Crippen LogP contribution in [0.1, 0.15) is 16.1 Å². The van der Waals surface area contributed by atoms with Gasteiger partial charge < -0.3 is 10.1 Å². The Labute approximate surface area is 123 Å². The number of aromatic carboxylic acids is 1. The lowest BCUT2D eigenvalue weighted by Crippen LogP contribution is -2.04. The smallest absolute Gasteiger partial charge is 0.416 e. The number of para-hydroxylation sites is 1. The molecular weight excluding hydrogens is 295 g/mol. The highest BCUT2D eigenvalue weighted by molar-refractivity contribution is 6.00. The first-order chi connectivity index (χ1) is 10.4. The summed E-state index contributed by atoms with van der Waals surface area (Å²) in [5, 5.41) is 9.71. The molecule has 0 aliphatic heterocycles. The highest BCUT2D eigenvalue weighted by Gasteiger charge is 2.30. The monoisotopic (exact) mass is 305 g/mol. The second kappa shape index (κ2) is 4.91. The van der Waals surface area contributed by atoms with Crippen LogP contribution in [0.4, 0.5) is 13.2 Å².